The number of carbonyl (C=O) groups is 2. The van der Waals surface area contributed by atoms with Crippen molar-refractivity contribution in [2.24, 2.45) is 0 Å². The van der Waals surface area contributed by atoms with Crippen molar-refractivity contribution in [3.63, 3.8) is 0 Å². The van der Waals surface area contributed by atoms with Gasteiger partial charge < -0.3 is 9.64 Å². The molecule has 38 heavy (non-hydrogen) atoms. The van der Waals surface area contributed by atoms with Crippen LogP contribution in [0.25, 0.3) is 5.69 Å². The standard InChI is InChI=1S/C29H33FN4O3S/c1-19-6-5-7-22(16-19)34-28-25(27(31-34)29(2,3)4)26(20-8-10-21(30)11-9-20)38-18-24(36)33(28)17-23(35)32-12-14-37-15-13-32/h5-11,16,26H,12-15,17-18H2,1-4H3. The summed E-state index contributed by atoms with van der Waals surface area (Å²) in [7, 11) is 0. The minimum Gasteiger partial charge on any atom is -0.378 e. The maximum absolute atomic E-state index is 13.9. The Kier molecular flexibility index (Phi) is 7.33. The molecule has 0 aliphatic carbocycles. The molecule has 0 bridgehead atoms. The van der Waals surface area contributed by atoms with Gasteiger partial charge in [-0.25, -0.2) is 9.07 Å². The topological polar surface area (TPSA) is 67.7 Å². The van der Waals surface area contributed by atoms with Gasteiger partial charge >= 0.3 is 0 Å². The smallest absolute Gasteiger partial charge is 0.242 e. The molecule has 2 amide bonds. The first-order valence-electron chi connectivity index (χ1n) is 12.9. The van der Waals surface area contributed by atoms with E-state index >= 15 is 0 Å². The van der Waals surface area contributed by atoms with Gasteiger partial charge in [0.1, 0.15) is 18.2 Å². The third-order valence-electron chi connectivity index (χ3n) is 6.88. The van der Waals surface area contributed by atoms with Crippen LogP contribution in [0.3, 0.4) is 0 Å². The van der Waals surface area contributed by atoms with E-state index in [1.54, 1.807) is 21.9 Å². The van der Waals surface area contributed by atoms with Crippen molar-refractivity contribution in [3.8, 4) is 5.69 Å². The molecule has 1 saturated heterocycles. The third kappa shape index (κ3) is 5.22. The fourth-order valence-electron chi connectivity index (χ4n) is 4.96. The molecular weight excluding hydrogens is 503 g/mol. The number of nitrogens with zero attached hydrogens (tertiary/aromatic N) is 4. The van der Waals surface area contributed by atoms with E-state index in [2.05, 4.69) is 20.8 Å². The summed E-state index contributed by atoms with van der Waals surface area (Å²) in [5.74, 6) is 0.202. The average molecular weight is 537 g/mol. The molecule has 1 unspecified atom stereocenters. The maximum Gasteiger partial charge on any atom is 0.242 e. The number of rotatable bonds is 4. The van der Waals surface area contributed by atoms with Crippen molar-refractivity contribution in [2.45, 2.75) is 38.4 Å². The van der Waals surface area contributed by atoms with Gasteiger partial charge in [-0.3, -0.25) is 14.5 Å². The molecule has 2 aliphatic heterocycles. The Morgan fingerprint density at radius 2 is 1.84 bits per heavy atom. The monoisotopic (exact) mass is 536 g/mol. The molecule has 0 radical (unpaired) electrons. The SMILES string of the molecule is Cc1cccc(-n2nc(C(C)(C)C)c3c2N(CC(=O)N2CCOCC2)C(=O)CSC3c2ccc(F)cc2)c1. The van der Waals surface area contributed by atoms with Crippen molar-refractivity contribution in [1.29, 1.82) is 0 Å². The van der Waals surface area contributed by atoms with Crippen LogP contribution in [0, 0.1) is 12.7 Å². The summed E-state index contributed by atoms with van der Waals surface area (Å²) in [5, 5.41) is 4.85. The zero-order valence-corrected chi connectivity index (χ0v) is 23.1. The third-order valence-corrected chi connectivity index (χ3v) is 8.13. The highest BCUT2D eigenvalue weighted by Crippen LogP contribution is 2.48. The second-order valence-electron chi connectivity index (χ2n) is 10.8. The van der Waals surface area contributed by atoms with Crippen molar-refractivity contribution in [2.75, 3.05) is 43.5 Å². The summed E-state index contributed by atoms with van der Waals surface area (Å²) in [6.45, 7) is 10.2. The highest BCUT2D eigenvalue weighted by Gasteiger charge is 2.40. The summed E-state index contributed by atoms with van der Waals surface area (Å²) in [4.78, 5) is 30.5. The lowest BCUT2D eigenvalue weighted by Crippen LogP contribution is -2.48. The Morgan fingerprint density at radius 1 is 1.13 bits per heavy atom. The molecule has 2 aliphatic rings. The number of ether oxygens (including phenoxy) is 1. The largest absolute Gasteiger partial charge is 0.378 e. The lowest BCUT2D eigenvalue weighted by atomic mass is 9.87. The number of aromatic nitrogens is 2. The van der Waals surface area contributed by atoms with Crippen molar-refractivity contribution < 1.29 is 18.7 Å². The summed E-state index contributed by atoms with van der Waals surface area (Å²) in [5.41, 5.74) is 4.14. The van der Waals surface area contributed by atoms with Gasteiger partial charge in [0.25, 0.3) is 0 Å². The molecule has 2 aromatic carbocycles. The summed E-state index contributed by atoms with van der Waals surface area (Å²) < 4.78 is 21.1. The van der Waals surface area contributed by atoms with Gasteiger partial charge in [0, 0.05) is 24.1 Å². The zero-order valence-electron chi connectivity index (χ0n) is 22.2. The van der Waals surface area contributed by atoms with E-state index in [0.29, 0.717) is 32.1 Å². The van der Waals surface area contributed by atoms with Gasteiger partial charge in [0.2, 0.25) is 11.8 Å². The Bertz CT molecular complexity index is 1340. The number of morpholine rings is 1. The van der Waals surface area contributed by atoms with Crippen LogP contribution in [0.4, 0.5) is 10.2 Å². The molecule has 1 fully saturated rings. The summed E-state index contributed by atoms with van der Waals surface area (Å²) in [6.07, 6.45) is 0. The Balaban J connectivity index is 1.73. The molecule has 0 spiro atoms. The minimum absolute atomic E-state index is 0.0797. The molecule has 5 rings (SSSR count). The number of aryl methyl sites for hydroxylation is 1. The predicted octanol–water partition coefficient (Wildman–Crippen LogP) is 4.65. The molecular formula is C29H33FN4O3S. The highest BCUT2D eigenvalue weighted by atomic mass is 32.2. The lowest BCUT2D eigenvalue weighted by molar-refractivity contribution is -0.134. The van der Waals surface area contributed by atoms with Gasteiger partial charge in [0.05, 0.1) is 35.6 Å². The minimum atomic E-state index is -0.356. The Hall–Kier alpha value is -3.17. The number of hydrogen-bond acceptors (Lipinski definition) is 5. The summed E-state index contributed by atoms with van der Waals surface area (Å²) >= 11 is 1.49. The average Bonchev–Trinajstić information content (AvgIpc) is 3.23. The molecule has 1 aromatic heterocycles. The van der Waals surface area contributed by atoms with E-state index in [0.717, 1.165) is 28.1 Å². The number of halogens is 1. The Morgan fingerprint density at radius 3 is 2.50 bits per heavy atom. The van der Waals surface area contributed by atoms with Crippen LogP contribution in [-0.4, -0.2) is 65.1 Å². The second kappa shape index (κ2) is 10.5. The van der Waals surface area contributed by atoms with E-state index in [-0.39, 0.29) is 40.6 Å². The van der Waals surface area contributed by atoms with Gasteiger partial charge in [0.15, 0.2) is 0 Å². The molecule has 9 heteroatoms. The van der Waals surface area contributed by atoms with Gasteiger partial charge in [-0.15, -0.1) is 11.8 Å². The van der Waals surface area contributed by atoms with Crippen molar-refractivity contribution in [1.82, 2.24) is 14.7 Å². The molecule has 1 atom stereocenters. The van der Waals surface area contributed by atoms with Gasteiger partial charge in [-0.05, 0) is 42.3 Å². The summed E-state index contributed by atoms with van der Waals surface area (Å²) in [6, 6.07) is 14.4. The Labute approximate surface area is 226 Å². The molecule has 0 N–H and O–H groups in total. The van der Waals surface area contributed by atoms with E-state index < -0.39 is 0 Å². The van der Waals surface area contributed by atoms with Gasteiger partial charge in [-0.1, -0.05) is 45.0 Å². The first-order chi connectivity index (χ1) is 18.1. The van der Waals surface area contributed by atoms with Crippen LogP contribution in [0.15, 0.2) is 48.5 Å². The van der Waals surface area contributed by atoms with Gasteiger partial charge in [-0.2, -0.15) is 5.10 Å². The van der Waals surface area contributed by atoms with Crippen LogP contribution < -0.4 is 4.90 Å². The molecule has 0 saturated carbocycles. The molecule has 200 valence electrons. The number of benzene rings is 2. The number of fused-ring (bicyclic) bond motifs is 1. The quantitative estimate of drug-likeness (QED) is 0.486. The lowest BCUT2D eigenvalue weighted by Gasteiger charge is -2.30. The molecule has 7 nitrogen and oxygen atoms in total. The normalized spacial score (nSPS) is 18.3. The second-order valence-corrected chi connectivity index (χ2v) is 11.9. The highest BCUT2D eigenvalue weighted by molar-refractivity contribution is 8.00. The zero-order chi connectivity index (χ0) is 27.0. The number of hydrogen-bond donors (Lipinski definition) is 0. The number of thioether (sulfide) groups is 1. The predicted molar refractivity (Wildman–Crippen MR) is 147 cm³/mol. The first-order valence-corrected chi connectivity index (χ1v) is 13.9. The van der Waals surface area contributed by atoms with Crippen LogP contribution in [0.1, 0.15) is 48.4 Å². The van der Waals surface area contributed by atoms with Crippen LogP contribution in [0.2, 0.25) is 0 Å². The number of amides is 2. The number of anilines is 1. The van der Waals surface area contributed by atoms with Crippen LogP contribution in [-0.2, 0) is 19.7 Å². The molecule has 3 heterocycles. The van der Waals surface area contributed by atoms with Crippen LogP contribution in [0.5, 0.6) is 0 Å². The van der Waals surface area contributed by atoms with Crippen molar-refractivity contribution in [3.05, 3.63) is 76.7 Å². The fraction of sp³-hybridized carbons (Fsp3) is 0.414. The molecule has 3 aromatic rings. The van der Waals surface area contributed by atoms with E-state index in [4.69, 9.17) is 9.84 Å². The van der Waals surface area contributed by atoms with E-state index in [9.17, 15) is 14.0 Å². The van der Waals surface area contributed by atoms with E-state index in [1.165, 1.54) is 23.9 Å². The fourth-order valence-corrected chi connectivity index (χ4v) is 6.16. The first kappa shape index (κ1) is 26.4. The van der Waals surface area contributed by atoms with Crippen molar-refractivity contribution >= 4 is 29.4 Å². The van der Waals surface area contributed by atoms with Crippen LogP contribution >= 0.6 is 11.8 Å². The van der Waals surface area contributed by atoms with E-state index in [1.807, 2.05) is 35.9 Å². The maximum atomic E-state index is 13.9. The number of carbonyl (C=O) groups excluding carboxylic acids is 2.